The fourth-order valence-corrected chi connectivity index (χ4v) is 0.871. The molecule has 1 aromatic rings. The molecule has 1 rings (SSSR count). The number of ether oxygens (including phenoxy) is 1. The maximum absolute atomic E-state index is 11.0. The number of amides is 1. The van der Waals surface area contributed by atoms with Crippen molar-refractivity contribution in [2.45, 2.75) is 12.8 Å². The van der Waals surface area contributed by atoms with Gasteiger partial charge in [-0.15, -0.1) is 0 Å². The van der Waals surface area contributed by atoms with Crippen LogP contribution in [0.1, 0.15) is 22.9 Å². The Bertz CT molecular complexity index is 361. The molecule has 0 aliphatic rings. The van der Waals surface area contributed by atoms with E-state index in [0.717, 1.165) is 0 Å². The number of nitrogens with zero attached hydrogens (tertiary/aromatic N) is 2. The molecule has 7 heteroatoms. The van der Waals surface area contributed by atoms with Crippen molar-refractivity contribution in [3.8, 4) is 0 Å². The number of carbonyl (C=O) groups is 2. The number of methoxy groups -OCH3 is 1. The van der Waals surface area contributed by atoms with Crippen molar-refractivity contribution in [1.82, 2.24) is 15.5 Å². The highest BCUT2D eigenvalue weighted by Gasteiger charge is 2.13. The van der Waals surface area contributed by atoms with Gasteiger partial charge in [-0.1, -0.05) is 5.16 Å². The molecule has 1 aromatic heterocycles. The maximum Gasteiger partial charge on any atom is 0.306 e. The van der Waals surface area contributed by atoms with Gasteiger partial charge < -0.3 is 14.6 Å². The van der Waals surface area contributed by atoms with Gasteiger partial charge >= 0.3 is 5.97 Å². The second-order valence-corrected chi connectivity index (χ2v) is 2.67. The molecule has 1 heterocycles. The third-order valence-corrected chi connectivity index (χ3v) is 1.67. The lowest BCUT2D eigenvalue weighted by atomic mass is 10.3. The molecule has 0 aliphatic carbocycles. The van der Waals surface area contributed by atoms with Crippen LogP contribution in [0.2, 0.25) is 0 Å². The van der Waals surface area contributed by atoms with Gasteiger partial charge in [0.2, 0.25) is 5.89 Å². The van der Waals surface area contributed by atoms with Crippen LogP contribution in [0.25, 0.3) is 0 Å². The molecular formula is C8H11N3O4. The molecule has 0 spiro atoms. The Morgan fingerprint density at radius 2 is 2.27 bits per heavy atom. The van der Waals surface area contributed by atoms with Crippen LogP contribution < -0.4 is 5.32 Å². The quantitative estimate of drug-likeness (QED) is 0.680. The predicted molar refractivity (Wildman–Crippen MR) is 48.0 cm³/mol. The van der Waals surface area contributed by atoms with Crippen LogP contribution in [0, 0.1) is 0 Å². The monoisotopic (exact) mass is 213 g/mol. The number of hydrogen-bond acceptors (Lipinski definition) is 6. The second kappa shape index (κ2) is 5.08. The summed E-state index contributed by atoms with van der Waals surface area (Å²) in [6.45, 7) is 0. The Kier molecular flexibility index (Phi) is 3.78. The number of aromatic nitrogens is 2. The average molecular weight is 213 g/mol. The van der Waals surface area contributed by atoms with E-state index < -0.39 is 5.91 Å². The summed E-state index contributed by atoms with van der Waals surface area (Å²) in [5.74, 6) is -0.603. The summed E-state index contributed by atoms with van der Waals surface area (Å²) in [6.07, 6.45) is 0.405. The fraction of sp³-hybridized carbons (Fsp3) is 0.500. The summed E-state index contributed by atoms with van der Waals surface area (Å²) >= 11 is 0. The van der Waals surface area contributed by atoms with Crippen molar-refractivity contribution < 1.29 is 18.8 Å². The van der Waals surface area contributed by atoms with Gasteiger partial charge in [0.15, 0.2) is 0 Å². The van der Waals surface area contributed by atoms with Crippen LogP contribution in [0.15, 0.2) is 4.52 Å². The normalized spacial score (nSPS) is 9.73. The van der Waals surface area contributed by atoms with E-state index in [-0.39, 0.29) is 30.5 Å². The highest BCUT2D eigenvalue weighted by Crippen LogP contribution is 2.01. The van der Waals surface area contributed by atoms with E-state index in [1.807, 2.05) is 0 Å². The molecule has 0 aromatic carbocycles. The van der Waals surface area contributed by atoms with Gasteiger partial charge in [-0.25, -0.2) is 0 Å². The minimum absolute atomic E-state index is 0.0441. The molecule has 0 fully saturated rings. The fourth-order valence-electron chi connectivity index (χ4n) is 0.871. The Labute approximate surface area is 85.8 Å². The largest absolute Gasteiger partial charge is 0.469 e. The van der Waals surface area contributed by atoms with Gasteiger partial charge in [-0.2, -0.15) is 4.98 Å². The SMILES string of the molecule is CNC(=O)c1noc(CCC(=O)OC)n1. The number of carbonyl (C=O) groups excluding carboxylic acids is 2. The number of hydrogen-bond donors (Lipinski definition) is 1. The summed E-state index contributed by atoms with van der Waals surface area (Å²) in [4.78, 5) is 25.6. The number of rotatable bonds is 4. The van der Waals surface area contributed by atoms with E-state index in [0.29, 0.717) is 0 Å². The lowest BCUT2D eigenvalue weighted by Gasteiger charge is -1.93. The zero-order valence-electron chi connectivity index (χ0n) is 8.44. The molecule has 1 N–H and O–H groups in total. The summed E-state index contributed by atoms with van der Waals surface area (Å²) in [5, 5.41) is 5.80. The first-order valence-corrected chi connectivity index (χ1v) is 4.29. The van der Waals surface area contributed by atoms with Gasteiger partial charge in [-0.05, 0) is 0 Å². The van der Waals surface area contributed by atoms with E-state index in [1.54, 1.807) is 0 Å². The zero-order chi connectivity index (χ0) is 11.3. The molecule has 7 nitrogen and oxygen atoms in total. The molecule has 82 valence electrons. The highest BCUT2D eigenvalue weighted by molar-refractivity contribution is 5.89. The first-order chi connectivity index (χ1) is 7.17. The van der Waals surface area contributed by atoms with Crippen molar-refractivity contribution >= 4 is 11.9 Å². The predicted octanol–water partition coefficient (Wildman–Crippen LogP) is -0.465. The summed E-state index contributed by atoms with van der Waals surface area (Å²) in [7, 11) is 2.76. The summed E-state index contributed by atoms with van der Waals surface area (Å²) in [6, 6.07) is 0. The summed E-state index contributed by atoms with van der Waals surface area (Å²) in [5.41, 5.74) is 0. The van der Waals surface area contributed by atoms with Crippen LogP contribution >= 0.6 is 0 Å². The first-order valence-electron chi connectivity index (χ1n) is 4.29. The minimum atomic E-state index is -0.428. The van der Waals surface area contributed by atoms with Crippen LogP contribution in [0.4, 0.5) is 0 Å². The highest BCUT2D eigenvalue weighted by atomic mass is 16.5. The molecule has 0 bridgehead atoms. The van der Waals surface area contributed by atoms with Gasteiger partial charge in [0.25, 0.3) is 11.7 Å². The second-order valence-electron chi connectivity index (χ2n) is 2.67. The third kappa shape index (κ3) is 3.04. The van der Waals surface area contributed by atoms with Crippen molar-refractivity contribution in [1.29, 1.82) is 0 Å². The lowest BCUT2D eigenvalue weighted by Crippen LogP contribution is -2.19. The average Bonchev–Trinajstić information content (AvgIpc) is 2.73. The molecular weight excluding hydrogens is 202 g/mol. The van der Waals surface area contributed by atoms with Crippen LogP contribution in [-0.4, -0.2) is 36.2 Å². The molecule has 0 radical (unpaired) electrons. The molecule has 0 atom stereocenters. The van der Waals surface area contributed by atoms with Crippen molar-refractivity contribution in [3.63, 3.8) is 0 Å². The molecule has 0 saturated heterocycles. The van der Waals surface area contributed by atoms with Gasteiger partial charge in [-0.3, -0.25) is 9.59 Å². The number of esters is 1. The number of nitrogens with one attached hydrogen (secondary N) is 1. The Balaban J connectivity index is 2.53. The van der Waals surface area contributed by atoms with E-state index in [9.17, 15) is 9.59 Å². The summed E-state index contributed by atoms with van der Waals surface area (Å²) < 4.78 is 9.19. The minimum Gasteiger partial charge on any atom is -0.469 e. The topological polar surface area (TPSA) is 94.3 Å². The van der Waals surface area contributed by atoms with E-state index in [1.165, 1.54) is 14.2 Å². The standard InChI is InChI=1S/C8H11N3O4/c1-9-8(13)7-10-5(15-11-7)3-4-6(12)14-2/h3-4H2,1-2H3,(H,9,13). The first kappa shape index (κ1) is 11.2. The lowest BCUT2D eigenvalue weighted by molar-refractivity contribution is -0.140. The Morgan fingerprint density at radius 3 is 2.87 bits per heavy atom. The van der Waals surface area contributed by atoms with Crippen molar-refractivity contribution in [2.24, 2.45) is 0 Å². The smallest absolute Gasteiger partial charge is 0.306 e. The van der Waals surface area contributed by atoms with Crippen molar-refractivity contribution in [2.75, 3.05) is 14.2 Å². The molecule has 1 amide bonds. The maximum atomic E-state index is 11.0. The Morgan fingerprint density at radius 1 is 1.53 bits per heavy atom. The van der Waals surface area contributed by atoms with Gasteiger partial charge in [0, 0.05) is 13.5 Å². The third-order valence-electron chi connectivity index (χ3n) is 1.67. The zero-order valence-corrected chi connectivity index (χ0v) is 8.44. The van der Waals surface area contributed by atoms with Crippen LogP contribution in [0.5, 0.6) is 0 Å². The molecule has 0 unspecified atom stereocenters. The molecule has 0 aliphatic heterocycles. The van der Waals surface area contributed by atoms with Gasteiger partial charge in [0.1, 0.15) is 0 Å². The van der Waals surface area contributed by atoms with Crippen LogP contribution in [-0.2, 0) is 16.0 Å². The van der Waals surface area contributed by atoms with E-state index in [4.69, 9.17) is 4.52 Å². The molecule has 15 heavy (non-hydrogen) atoms. The molecule has 0 saturated carbocycles. The van der Waals surface area contributed by atoms with E-state index in [2.05, 4.69) is 20.2 Å². The number of aryl methyl sites for hydroxylation is 1. The Hall–Kier alpha value is -1.92. The van der Waals surface area contributed by atoms with Crippen LogP contribution in [0.3, 0.4) is 0 Å². The van der Waals surface area contributed by atoms with E-state index >= 15 is 0 Å². The van der Waals surface area contributed by atoms with Gasteiger partial charge in [0.05, 0.1) is 13.5 Å². The van der Waals surface area contributed by atoms with Crippen molar-refractivity contribution in [3.05, 3.63) is 11.7 Å².